The number of nitrogens with one attached hydrogen (secondary N) is 2. The van der Waals surface area contributed by atoms with Crippen LogP contribution in [0.2, 0.25) is 0 Å². The fourth-order valence-electron chi connectivity index (χ4n) is 3.64. The van der Waals surface area contributed by atoms with Gasteiger partial charge in [0.05, 0.1) is 11.1 Å². The number of phenols is 1. The van der Waals surface area contributed by atoms with Crippen molar-refractivity contribution in [2.75, 3.05) is 0 Å². The van der Waals surface area contributed by atoms with E-state index < -0.39 is 0 Å². The second-order valence-corrected chi connectivity index (χ2v) is 6.42. The van der Waals surface area contributed by atoms with E-state index in [1.165, 1.54) is 10.9 Å². The first-order valence-corrected chi connectivity index (χ1v) is 8.60. The SMILES string of the molecule is Oc1ccc(C(=C2C=[NH+]c3ccccc32)c2c[nH]c3ccccc23)cc1. The highest BCUT2D eigenvalue weighted by atomic mass is 16.3. The molecule has 2 heterocycles. The Hall–Kier alpha value is -3.59. The lowest BCUT2D eigenvalue weighted by Crippen LogP contribution is -2.58. The normalized spacial score (nSPS) is 14.6. The topological polar surface area (TPSA) is 50.0 Å². The van der Waals surface area contributed by atoms with Gasteiger partial charge in [-0.15, -0.1) is 0 Å². The van der Waals surface area contributed by atoms with Gasteiger partial charge in [-0.3, -0.25) is 0 Å². The van der Waals surface area contributed by atoms with Crippen LogP contribution in [0.15, 0.2) is 79.0 Å². The third kappa shape index (κ3) is 2.25. The molecule has 0 aliphatic carbocycles. The third-order valence-corrected chi connectivity index (χ3v) is 4.87. The average molecular weight is 337 g/mol. The van der Waals surface area contributed by atoms with Gasteiger partial charge in [-0.2, -0.15) is 0 Å². The Morgan fingerprint density at radius 3 is 2.50 bits per heavy atom. The first-order chi connectivity index (χ1) is 12.8. The molecule has 1 aliphatic heterocycles. The van der Waals surface area contributed by atoms with Crippen LogP contribution in [-0.4, -0.2) is 16.3 Å². The van der Waals surface area contributed by atoms with E-state index in [1.54, 1.807) is 12.1 Å². The number of aromatic hydroxyl groups is 1. The molecule has 0 unspecified atom stereocenters. The number of aromatic amines is 1. The molecule has 124 valence electrons. The molecule has 0 radical (unpaired) electrons. The molecule has 1 aromatic heterocycles. The number of aromatic nitrogens is 1. The smallest absolute Gasteiger partial charge is 0.211 e. The van der Waals surface area contributed by atoms with Crippen molar-refractivity contribution in [3.8, 4) is 5.75 Å². The number of rotatable bonds is 2. The van der Waals surface area contributed by atoms with Crippen molar-refractivity contribution in [2.45, 2.75) is 0 Å². The van der Waals surface area contributed by atoms with Crippen LogP contribution in [0.1, 0.15) is 16.7 Å². The molecule has 0 spiro atoms. The summed E-state index contributed by atoms with van der Waals surface area (Å²) in [6, 6.07) is 24.0. The molecule has 3 N–H and O–H groups in total. The highest BCUT2D eigenvalue weighted by molar-refractivity contribution is 6.24. The quantitative estimate of drug-likeness (QED) is 0.514. The van der Waals surface area contributed by atoms with Crippen molar-refractivity contribution >= 4 is 34.0 Å². The van der Waals surface area contributed by atoms with Gasteiger partial charge in [0.15, 0.2) is 6.21 Å². The number of hydrogen-bond donors (Lipinski definition) is 3. The van der Waals surface area contributed by atoms with Gasteiger partial charge in [0.1, 0.15) is 5.75 Å². The van der Waals surface area contributed by atoms with Crippen LogP contribution in [-0.2, 0) is 0 Å². The fraction of sp³-hybridized carbons (Fsp3) is 0. The van der Waals surface area contributed by atoms with Gasteiger partial charge >= 0.3 is 0 Å². The predicted octanol–water partition coefficient (Wildman–Crippen LogP) is 3.63. The van der Waals surface area contributed by atoms with E-state index in [0.29, 0.717) is 0 Å². The maximum atomic E-state index is 9.72. The molecule has 26 heavy (non-hydrogen) atoms. The van der Waals surface area contributed by atoms with Crippen LogP contribution in [0.4, 0.5) is 5.69 Å². The minimum atomic E-state index is 0.269. The molecule has 3 heteroatoms. The molecule has 0 atom stereocenters. The summed E-state index contributed by atoms with van der Waals surface area (Å²) in [5.41, 5.74) is 7.90. The zero-order valence-electron chi connectivity index (χ0n) is 14.0. The predicted molar refractivity (Wildman–Crippen MR) is 105 cm³/mol. The van der Waals surface area contributed by atoms with Crippen LogP contribution in [0.5, 0.6) is 5.75 Å². The first kappa shape index (κ1) is 14.7. The Morgan fingerprint density at radius 1 is 0.846 bits per heavy atom. The van der Waals surface area contributed by atoms with Gasteiger partial charge in [-0.1, -0.05) is 42.5 Å². The van der Waals surface area contributed by atoms with Crippen LogP contribution in [0.3, 0.4) is 0 Å². The molecule has 3 aromatic carbocycles. The Kier molecular flexibility index (Phi) is 3.25. The van der Waals surface area contributed by atoms with Crippen LogP contribution in [0, 0.1) is 0 Å². The fourth-order valence-corrected chi connectivity index (χ4v) is 3.64. The molecule has 3 nitrogen and oxygen atoms in total. The van der Waals surface area contributed by atoms with Gasteiger partial charge in [-0.25, -0.2) is 4.99 Å². The van der Waals surface area contributed by atoms with Crippen molar-refractivity contribution in [1.82, 2.24) is 4.98 Å². The van der Waals surface area contributed by atoms with Crippen molar-refractivity contribution in [2.24, 2.45) is 0 Å². The van der Waals surface area contributed by atoms with Crippen molar-refractivity contribution in [3.05, 3.63) is 95.7 Å². The van der Waals surface area contributed by atoms with E-state index in [0.717, 1.165) is 33.5 Å². The molecular formula is C23H17N2O+. The van der Waals surface area contributed by atoms with Crippen LogP contribution < -0.4 is 4.99 Å². The number of benzene rings is 3. The Balaban J connectivity index is 1.85. The summed E-state index contributed by atoms with van der Waals surface area (Å²) in [4.78, 5) is 6.76. The highest BCUT2D eigenvalue weighted by Crippen LogP contribution is 2.37. The molecule has 0 bridgehead atoms. The van der Waals surface area contributed by atoms with Crippen molar-refractivity contribution in [1.29, 1.82) is 0 Å². The number of para-hydroxylation sites is 2. The lowest BCUT2D eigenvalue weighted by molar-refractivity contribution is -0.342. The van der Waals surface area contributed by atoms with Gasteiger partial charge in [0.25, 0.3) is 0 Å². The molecule has 0 fully saturated rings. The minimum Gasteiger partial charge on any atom is -0.508 e. The molecule has 0 amide bonds. The van der Waals surface area contributed by atoms with E-state index >= 15 is 0 Å². The monoisotopic (exact) mass is 337 g/mol. The summed E-state index contributed by atoms with van der Waals surface area (Å²) in [5.74, 6) is 0.269. The van der Waals surface area contributed by atoms with Gasteiger partial charge in [0.2, 0.25) is 5.69 Å². The molecule has 5 rings (SSSR count). The lowest BCUT2D eigenvalue weighted by atomic mass is 9.90. The second kappa shape index (κ2) is 5.74. The lowest BCUT2D eigenvalue weighted by Gasteiger charge is -2.10. The standard InChI is InChI=1S/C23H16N2O/c26-16-11-9-15(10-12-16)23(19-13-24-21-7-3-1-5-17(19)21)20-14-25-22-8-4-2-6-18(20)22/h1-14,24,26H/p+1. The Bertz CT molecular complexity index is 1180. The number of allylic oxidation sites excluding steroid dienone is 1. The summed E-state index contributed by atoms with van der Waals surface area (Å²) in [5, 5.41) is 10.9. The largest absolute Gasteiger partial charge is 0.508 e. The molecule has 0 saturated carbocycles. The van der Waals surface area contributed by atoms with Crippen molar-refractivity contribution < 1.29 is 10.1 Å². The molecule has 0 saturated heterocycles. The Morgan fingerprint density at radius 2 is 1.62 bits per heavy atom. The number of hydrogen-bond acceptors (Lipinski definition) is 1. The second-order valence-electron chi connectivity index (χ2n) is 6.42. The minimum absolute atomic E-state index is 0.269. The van der Waals surface area contributed by atoms with E-state index in [1.807, 2.05) is 24.3 Å². The number of fused-ring (bicyclic) bond motifs is 2. The Labute approximate surface area is 151 Å². The van der Waals surface area contributed by atoms with E-state index in [9.17, 15) is 5.11 Å². The first-order valence-electron chi connectivity index (χ1n) is 8.60. The summed E-state index contributed by atoms with van der Waals surface area (Å²) >= 11 is 0. The highest BCUT2D eigenvalue weighted by Gasteiger charge is 2.24. The maximum absolute atomic E-state index is 9.72. The van der Waals surface area contributed by atoms with Crippen LogP contribution >= 0.6 is 0 Å². The summed E-state index contributed by atoms with van der Waals surface area (Å²) < 4.78 is 0. The van der Waals surface area contributed by atoms with Crippen LogP contribution in [0.25, 0.3) is 22.0 Å². The third-order valence-electron chi connectivity index (χ3n) is 4.87. The number of phenolic OH excluding ortho intramolecular Hbond substituents is 1. The number of H-pyrrole nitrogens is 1. The summed E-state index contributed by atoms with van der Waals surface area (Å²) in [6.07, 6.45) is 4.13. The maximum Gasteiger partial charge on any atom is 0.211 e. The summed E-state index contributed by atoms with van der Waals surface area (Å²) in [6.45, 7) is 0. The summed E-state index contributed by atoms with van der Waals surface area (Å²) in [7, 11) is 0. The zero-order chi connectivity index (χ0) is 17.5. The van der Waals surface area contributed by atoms with Crippen molar-refractivity contribution in [3.63, 3.8) is 0 Å². The van der Waals surface area contributed by atoms with E-state index in [4.69, 9.17) is 0 Å². The molecular weight excluding hydrogens is 320 g/mol. The molecule has 4 aromatic rings. The van der Waals surface area contributed by atoms with E-state index in [-0.39, 0.29) is 5.75 Å². The average Bonchev–Trinajstić information content (AvgIpc) is 3.29. The molecule has 1 aliphatic rings. The van der Waals surface area contributed by atoms with Gasteiger partial charge < -0.3 is 10.1 Å². The van der Waals surface area contributed by atoms with Gasteiger partial charge in [-0.05, 0) is 29.8 Å². The van der Waals surface area contributed by atoms with Gasteiger partial charge in [0, 0.05) is 34.3 Å². The zero-order valence-corrected chi connectivity index (χ0v) is 14.0. The van der Waals surface area contributed by atoms with E-state index in [2.05, 4.69) is 58.8 Å².